The van der Waals surface area contributed by atoms with Crippen molar-refractivity contribution in [3.05, 3.63) is 28.8 Å². The summed E-state index contributed by atoms with van der Waals surface area (Å²) in [7, 11) is -4.18. The molecule has 26 heavy (non-hydrogen) atoms. The summed E-state index contributed by atoms with van der Waals surface area (Å²) >= 11 is 5.85. The molecule has 5 nitrogen and oxygen atoms in total. The maximum atomic E-state index is 12.9. The second-order valence-corrected chi connectivity index (χ2v) is 8.34. The molecule has 1 aromatic rings. The van der Waals surface area contributed by atoms with E-state index in [0.29, 0.717) is 12.5 Å². The van der Waals surface area contributed by atoms with Crippen LogP contribution in [0, 0.1) is 0 Å². The first kappa shape index (κ1) is 21.0. The van der Waals surface area contributed by atoms with Crippen LogP contribution in [0.25, 0.3) is 0 Å². The summed E-state index contributed by atoms with van der Waals surface area (Å²) in [4.78, 5) is 13.0. The van der Waals surface area contributed by atoms with E-state index in [1.54, 1.807) is 4.90 Å². The van der Waals surface area contributed by atoms with E-state index in [9.17, 15) is 26.4 Å². The van der Waals surface area contributed by atoms with Crippen LogP contribution < -0.4 is 0 Å². The molecule has 0 atom stereocenters. The molecule has 10 heteroatoms. The van der Waals surface area contributed by atoms with Gasteiger partial charge in [0.1, 0.15) is 4.90 Å². The number of unbranched alkanes of at least 4 members (excludes halogenated alkanes) is 1. The number of carbonyl (C=O) groups is 1. The number of amides is 1. The number of rotatable bonds is 5. The van der Waals surface area contributed by atoms with Crippen LogP contribution >= 0.6 is 11.6 Å². The van der Waals surface area contributed by atoms with E-state index in [2.05, 4.69) is 0 Å². The largest absolute Gasteiger partial charge is 0.416 e. The van der Waals surface area contributed by atoms with E-state index >= 15 is 0 Å². The Hall–Kier alpha value is -1.32. The number of piperazine rings is 1. The average Bonchev–Trinajstić information content (AvgIpc) is 2.59. The van der Waals surface area contributed by atoms with Gasteiger partial charge < -0.3 is 4.90 Å². The summed E-state index contributed by atoms with van der Waals surface area (Å²) in [6, 6.07) is 2.23. The number of carbonyl (C=O) groups excluding carboxylic acids is 1. The van der Waals surface area contributed by atoms with Gasteiger partial charge >= 0.3 is 6.18 Å². The van der Waals surface area contributed by atoms with Crippen molar-refractivity contribution >= 4 is 27.5 Å². The Labute approximate surface area is 155 Å². The Morgan fingerprint density at radius 1 is 1.19 bits per heavy atom. The standard InChI is InChI=1S/C16H20ClF3N2O3S/c1-2-3-4-15(23)21-7-9-22(10-8-21)26(24,25)14-11-12(16(18,19)20)5-6-13(14)17/h5-6,11H,2-4,7-10H2,1H3. The lowest BCUT2D eigenvalue weighted by atomic mass is 10.2. The normalized spacial score (nSPS) is 16.7. The highest BCUT2D eigenvalue weighted by Crippen LogP contribution is 2.34. The highest BCUT2D eigenvalue weighted by molar-refractivity contribution is 7.89. The smallest absolute Gasteiger partial charge is 0.340 e. The topological polar surface area (TPSA) is 57.7 Å². The summed E-state index contributed by atoms with van der Waals surface area (Å²) in [6.45, 7) is 2.42. The summed E-state index contributed by atoms with van der Waals surface area (Å²) in [5.41, 5.74) is -1.08. The highest BCUT2D eigenvalue weighted by atomic mass is 35.5. The number of sulfonamides is 1. The molecule has 0 saturated carbocycles. The van der Waals surface area contributed by atoms with Crippen molar-refractivity contribution < 1.29 is 26.4 Å². The van der Waals surface area contributed by atoms with Crippen molar-refractivity contribution in [1.82, 2.24) is 9.21 Å². The second-order valence-electron chi connectivity index (χ2n) is 6.03. The van der Waals surface area contributed by atoms with E-state index in [1.807, 2.05) is 6.92 Å². The van der Waals surface area contributed by atoms with Crippen LogP contribution in [0.3, 0.4) is 0 Å². The van der Waals surface area contributed by atoms with E-state index in [0.717, 1.165) is 29.3 Å². The van der Waals surface area contributed by atoms with Gasteiger partial charge in [-0.25, -0.2) is 8.42 Å². The third-order valence-electron chi connectivity index (χ3n) is 4.21. The van der Waals surface area contributed by atoms with Crippen molar-refractivity contribution in [3.8, 4) is 0 Å². The molecule has 0 N–H and O–H groups in total. The molecule has 0 aromatic heterocycles. The van der Waals surface area contributed by atoms with E-state index < -0.39 is 26.7 Å². The summed E-state index contributed by atoms with van der Waals surface area (Å²) in [6.07, 6.45) is -2.62. The van der Waals surface area contributed by atoms with E-state index in [4.69, 9.17) is 11.6 Å². The molecular weight excluding hydrogens is 393 g/mol. The first-order valence-corrected chi connectivity index (χ1v) is 10.0. The zero-order valence-corrected chi connectivity index (χ0v) is 15.8. The van der Waals surface area contributed by atoms with Gasteiger partial charge in [-0.3, -0.25) is 4.79 Å². The average molecular weight is 413 g/mol. The van der Waals surface area contributed by atoms with Gasteiger partial charge in [-0.2, -0.15) is 17.5 Å². The van der Waals surface area contributed by atoms with Crippen LogP contribution in [-0.4, -0.2) is 49.7 Å². The van der Waals surface area contributed by atoms with Crippen LogP contribution in [0.2, 0.25) is 5.02 Å². The minimum atomic E-state index is -4.67. The van der Waals surface area contributed by atoms with Crippen molar-refractivity contribution in [3.63, 3.8) is 0 Å². The quantitative estimate of drug-likeness (QED) is 0.745. The molecule has 1 aliphatic heterocycles. The summed E-state index contributed by atoms with van der Waals surface area (Å²) in [5.74, 6) is -0.0407. The number of nitrogens with zero attached hydrogens (tertiary/aromatic N) is 2. The van der Waals surface area contributed by atoms with Gasteiger partial charge in [0.25, 0.3) is 0 Å². The van der Waals surface area contributed by atoms with Crippen LogP contribution in [0.15, 0.2) is 23.1 Å². The number of benzene rings is 1. The molecule has 0 aliphatic carbocycles. The van der Waals surface area contributed by atoms with Crippen LogP contribution in [0.5, 0.6) is 0 Å². The minimum absolute atomic E-state index is 0.0206. The molecule has 146 valence electrons. The monoisotopic (exact) mass is 412 g/mol. The molecule has 1 saturated heterocycles. The predicted molar refractivity (Wildman–Crippen MR) is 91.3 cm³/mol. The van der Waals surface area contributed by atoms with Crippen molar-refractivity contribution in [2.75, 3.05) is 26.2 Å². The Morgan fingerprint density at radius 3 is 2.35 bits per heavy atom. The molecule has 1 heterocycles. The van der Waals surface area contributed by atoms with Gasteiger partial charge in [0.05, 0.1) is 10.6 Å². The molecule has 0 spiro atoms. The molecule has 0 unspecified atom stereocenters. The molecule has 0 radical (unpaired) electrons. The lowest BCUT2D eigenvalue weighted by molar-refractivity contribution is -0.137. The maximum absolute atomic E-state index is 12.9. The van der Waals surface area contributed by atoms with Gasteiger partial charge in [0, 0.05) is 32.6 Å². The third-order valence-corrected chi connectivity index (χ3v) is 6.59. The molecule has 0 bridgehead atoms. The Morgan fingerprint density at radius 2 is 1.81 bits per heavy atom. The molecule has 1 amide bonds. The minimum Gasteiger partial charge on any atom is -0.340 e. The van der Waals surface area contributed by atoms with E-state index in [-0.39, 0.29) is 37.1 Å². The Kier molecular flexibility index (Phi) is 6.57. The predicted octanol–water partition coefficient (Wildman–Crippen LogP) is 3.38. The first-order valence-electron chi connectivity index (χ1n) is 8.22. The fourth-order valence-electron chi connectivity index (χ4n) is 2.68. The van der Waals surface area contributed by atoms with E-state index in [1.165, 1.54) is 0 Å². The van der Waals surface area contributed by atoms with Crippen LogP contribution in [-0.2, 0) is 21.0 Å². The van der Waals surface area contributed by atoms with Gasteiger partial charge in [0.15, 0.2) is 0 Å². The van der Waals surface area contributed by atoms with Crippen LogP contribution in [0.1, 0.15) is 31.7 Å². The van der Waals surface area contributed by atoms with Crippen molar-refractivity contribution in [2.45, 2.75) is 37.3 Å². The van der Waals surface area contributed by atoms with Gasteiger partial charge in [0.2, 0.25) is 15.9 Å². The molecule has 1 fully saturated rings. The Bertz CT molecular complexity index is 760. The number of halogens is 4. The highest BCUT2D eigenvalue weighted by Gasteiger charge is 2.35. The zero-order valence-electron chi connectivity index (χ0n) is 14.2. The molecular formula is C16H20ClF3N2O3S. The second kappa shape index (κ2) is 8.14. The van der Waals surface area contributed by atoms with Crippen molar-refractivity contribution in [1.29, 1.82) is 0 Å². The maximum Gasteiger partial charge on any atom is 0.416 e. The summed E-state index contributed by atoms with van der Waals surface area (Å²) in [5, 5.41) is -0.264. The molecule has 1 aliphatic rings. The van der Waals surface area contributed by atoms with Crippen LogP contribution in [0.4, 0.5) is 13.2 Å². The summed E-state index contributed by atoms with van der Waals surface area (Å²) < 4.78 is 65.1. The first-order chi connectivity index (χ1) is 12.1. The number of alkyl halides is 3. The van der Waals surface area contributed by atoms with Gasteiger partial charge in [-0.1, -0.05) is 24.9 Å². The third kappa shape index (κ3) is 4.69. The van der Waals surface area contributed by atoms with Gasteiger partial charge in [-0.15, -0.1) is 0 Å². The molecule has 1 aromatic carbocycles. The number of hydrogen-bond acceptors (Lipinski definition) is 3. The Balaban J connectivity index is 2.16. The fraction of sp³-hybridized carbons (Fsp3) is 0.562. The zero-order chi connectivity index (χ0) is 19.5. The fourth-order valence-corrected chi connectivity index (χ4v) is 4.60. The SMILES string of the molecule is CCCCC(=O)N1CCN(S(=O)(=O)c2cc(C(F)(F)F)ccc2Cl)CC1. The lowest BCUT2D eigenvalue weighted by Gasteiger charge is -2.34. The molecule has 2 rings (SSSR count). The lowest BCUT2D eigenvalue weighted by Crippen LogP contribution is -2.50. The van der Waals surface area contributed by atoms with Crippen molar-refractivity contribution in [2.24, 2.45) is 0 Å². The van der Waals surface area contributed by atoms with Gasteiger partial charge in [-0.05, 0) is 24.6 Å². The number of hydrogen-bond donors (Lipinski definition) is 0.